The summed E-state index contributed by atoms with van der Waals surface area (Å²) in [7, 11) is 0. The fraction of sp³-hybridized carbons (Fsp3) is 0.556. The zero-order chi connectivity index (χ0) is 19.0. The Kier molecular flexibility index (Phi) is 5.14. The zero-order valence-electron chi connectivity index (χ0n) is 15.5. The van der Waals surface area contributed by atoms with Crippen molar-refractivity contribution < 1.29 is 9.59 Å². The van der Waals surface area contributed by atoms with Gasteiger partial charge >= 0.3 is 6.03 Å². The molecule has 144 valence electrons. The Bertz CT molecular complexity index is 869. The van der Waals surface area contributed by atoms with E-state index in [4.69, 9.17) is 0 Å². The van der Waals surface area contributed by atoms with E-state index in [0.717, 1.165) is 39.0 Å². The number of rotatable bonds is 3. The first-order valence-electron chi connectivity index (χ1n) is 9.29. The van der Waals surface area contributed by atoms with Crippen LogP contribution in [0.15, 0.2) is 0 Å². The third kappa shape index (κ3) is 3.98. The van der Waals surface area contributed by atoms with E-state index < -0.39 is 0 Å². The smallest absolute Gasteiger partial charge is 0.321 e. The number of nitrogens with one attached hydrogen (secondary N) is 2. The number of amides is 3. The van der Waals surface area contributed by atoms with Gasteiger partial charge in [0.05, 0.1) is 22.9 Å². The molecule has 1 saturated carbocycles. The van der Waals surface area contributed by atoms with Gasteiger partial charge in [-0.1, -0.05) is 24.2 Å². The molecule has 1 fully saturated rings. The van der Waals surface area contributed by atoms with Crippen LogP contribution < -0.4 is 10.6 Å². The molecule has 0 radical (unpaired) electrons. The van der Waals surface area contributed by atoms with Crippen molar-refractivity contribution >= 4 is 39.7 Å². The molecule has 27 heavy (non-hydrogen) atoms. The van der Waals surface area contributed by atoms with Gasteiger partial charge in [-0.25, -0.2) is 14.8 Å². The summed E-state index contributed by atoms with van der Waals surface area (Å²) in [6.45, 7) is 4.97. The van der Waals surface area contributed by atoms with E-state index in [1.54, 1.807) is 0 Å². The molecule has 7 nitrogen and oxygen atoms in total. The lowest BCUT2D eigenvalue weighted by atomic mass is 10.1. The van der Waals surface area contributed by atoms with Gasteiger partial charge in [0, 0.05) is 23.9 Å². The predicted molar refractivity (Wildman–Crippen MR) is 107 cm³/mol. The minimum absolute atomic E-state index is 0.0330. The minimum atomic E-state index is -0.184. The fourth-order valence-corrected chi connectivity index (χ4v) is 5.59. The van der Waals surface area contributed by atoms with Crippen LogP contribution in [0.4, 0.5) is 9.93 Å². The number of anilines is 1. The Morgan fingerprint density at radius 1 is 1.15 bits per heavy atom. The number of aryl methyl sites for hydroxylation is 2. The average molecular weight is 406 g/mol. The SMILES string of the molecule is Cc1nc(C)c(C(=O)N2CCc3nc(NC(=O)NC4CCCC4)sc3C2)s1. The second-order valence-corrected chi connectivity index (χ2v) is 9.38. The molecular weight excluding hydrogens is 382 g/mol. The normalized spacial score (nSPS) is 17.0. The lowest BCUT2D eigenvalue weighted by Gasteiger charge is -2.25. The van der Waals surface area contributed by atoms with Crippen molar-refractivity contribution in [2.45, 2.75) is 58.5 Å². The molecule has 0 bridgehead atoms. The molecule has 3 heterocycles. The molecule has 4 rings (SSSR count). The van der Waals surface area contributed by atoms with Crippen LogP contribution in [0.25, 0.3) is 0 Å². The summed E-state index contributed by atoms with van der Waals surface area (Å²) >= 11 is 2.90. The van der Waals surface area contributed by atoms with Crippen LogP contribution in [0.1, 0.15) is 56.6 Å². The molecule has 1 aliphatic heterocycles. The molecule has 2 aromatic rings. The van der Waals surface area contributed by atoms with Crippen LogP contribution in [0.3, 0.4) is 0 Å². The molecule has 3 amide bonds. The zero-order valence-corrected chi connectivity index (χ0v) is 17.1. The summed E-state index contributed by atoms with van der Waals surface area (Å²) in [5, 5.41) is 7.39. The number of thiazole rings is 2. The summed E-state index contributed by atoms with van der Waals surface area (Å²) in [5.74, 6) is 0.0330. The van der Waals surface area contributed by atoms with Crippen molar-refractivity contribution in [1.29, 1.82) is 0 Å². The Labute approximate surface area is 166 Å². The maximum absolute atomic E-state index is 12.8. The molecule has 2 aromatic heterocycles. The van der Waals surface area contributed by atoms with E-state index in [1.165, 1.54) is 35.5 Å². The Balaban J connectivity index is 1.40. The average Bonchev–Trinajstić information content (AvgIpc) is 3.33. The summed E-state index contributed by atoms with van der Waals surface area (Å²) < 4.78 is 0. The molecule has 0 atom stereocenters. The van der Waals surface area contributed by atoms with Crippen LogP contribution in [0, 0.1) is 13.8 Å². The standard InChI is InChI=1S/C18H23N5O2S2/c1-10-15(26-11(2)19-10)16(24)23-8-7-13-14(9-23)27-18(21-13)22-17(25)20-12-5-3-4-6-12/h12H,3-9H2,1-2H3,(H2,20,21,22,25). The second-order valence-electron chi connectivity index (χ2n) is 7.09. The molecule has 0 spiro atoms. The van der Waals surface area contributed by atoms with E-state index in [0.29, 0.717) is 24.6 Å². The third-order valence-corrected chi connectivity index (χ3v) is 7.09. The van der Waals surface area contributed by atoms with E-state index in [9.17, 15) is 9.59 Å². The number of nitrogens with zero attached hydrogens (tertiary/aromatic N) is 3. The first-order valence-corrected chi connectivity index (χ1v) is 10.9. The van der Waals surface area contributed by atoms with E-state index in [2.05, 4.69) is 20.6 Å². The molecule has 2 aliphatic rings. The van der Waals surface area contributed by atoms with Crippen molar-refractivity contribution in [3.63, 3.8) is 0 Å². The van der Waals surface area contributed by atoms with Gasteiger partial charge < -0.3 is 10.2 Å². The summed E-state index contributed by atoms with van der Waals surface area (Å²) in [6, 6.07) is 0.0930. The molecule has 9 heteroatoms. The number of hydrogen-bond donors (Lipinski definition) is 2. The second kappa shape index (κ2) is 7.55. The first kappa shape index (κ1) is 18.4. The van der Waals surface area contributed by atoms with Gasteiger partial charge in [-0.2, -0.15) is 0 Å². The molecule has 0 unspecified atom stereocenters. The number of hydrogen-bond acceptors (Lipinski definition) is 6. The van der Waals surface area contributed by atoms with Crippen LogP contribution in [0.5, 0.6) is 0 Å². The molecule has 2 N–H and O–H groups in total. The number of carbonyl (C=O) groups excluding carboxylic acids is 2. The molecule has 0 saturated heterocycles. The highest BCUT2D eigenvalue weighted by Crippen LogP contribution is 2.30. The van der Waals surface area contributed by atoms with Gasteiger partial charge in [0.15, 0.2) is 5.13 Å². The van der Waals surface area contributed by atoms with Crippen molar-refractivity contribution in [2.75, 3.05) is 11.9 Å². The van der Waals surface area contributed by atoms with Crippen molar-refractivity contribution in [3.8, 4) is 0 Å². The van der Waals surface area contributed by atoms with Crippen LogP contribution in [0.2, 0.25) is 0 Å². The van der Waals surface area contributed by atoms with Gasteiger partial charge in [0.1, 0.15) is 4.88 Å². The highest BCUT2D eigenvalue weighted by molar-refractivity contribution is 7.16. The molecule has 0 aromatic carbocycles. The van der Waals surface area contributed by atoms with Gasteiger partial charge in [0.25, 0.3) is 5.91 Å². The Morgan fingerprint density at radius 3 is 2.63 bits per heavy atom. The quantitative estimate of drug-likeness (QED) is 0.818. The summed E-state index contributed by atoms with van der Waals surface area (Å²) in [6.07, 6.45) is 5.17. The van der Waals surface area contributed by atoms with Crippen LogP contribution >= 0.6 is 22.7 Å². The minimum Gasteiger partial charge on any atom is -0.335 e. The highest BCUT2D eigenvalue weighted by Gasteiger charge is 2.27. The largest absolute Gasteiger partial charge is 0.335 e. The van der Waals surface area contributed by atoms with Crippen molar-refractivity contribution in [2.24, 2.45) is 0 Å². The molecular formula is C18H23N5O2S2. The number of aromatic nitrogens is 2. The topological polar surface area (TPSA) is 87.2 Å². The van der Waals surface area contributed by atoms with Crippen LogP contribution in [-0.4, -0.2) is 39.4 Å². The van der Waals surface area contributed by atoms with Crippen LogP contribution in [-0.2, 0) is 13.0 Å². The Hall–Kier alpha value is -2.00. The monoisotopic (exact) mass is 405 g/mol. The third-order valence-electron chi connectivity index (χ3n) is 5.03. The summed E-state index contributed by atoms with van der Waals surface area (Å²) in [5.41, 5.74) is 1.78. The van der Waals surface area contributed by atoms with Gasteiger partial charge in [-0.3, -0.25) is 10.1 Å². The van der Waals surface area contributed by atoms with Gasteiger partial charge in [-0.15, -0.1) is 11.3 Å². The Morgan fingerprint density at radius 2 is 1.93 bits per heavy atom. The summed E-state index contributed by atoms with van der Waals surface area (Å²) in [4.78, 5) is 37.5. The lowest BCUT2D eigenvalue weighted by Crippen LogP contribution is -2.36. The number of fused-ring (bicyclic) bond motifs is 1. The van der Waals surface area contributed by atoms with E-state index >= 15 is 0 Å². The molecule has 1 aliphatic carbocycles. The van der Waals surface area contributed by atoms with E-state index in [1.807, 2.05) is 18.7 Å². The van der Waals surface area contributed by atoms with E-state index in [-0.39, 0.29) is 18.0 Å². The predicted octanol–water partition coefficient (Wildman–Crippen LogP) is 3.48. The maximum Gasteiger partial charge on any atom is 0.321 e. The van der Waals surface area contributed by atoms with Gasteiger partial charge in [0.2, 0.25) is 0 Å². The van der Waals surface area contributed by atoms with Crippen molar-refractivity contribution in [3.05, 3.63) is 26.1 Å². The maximum atomic E-state index is 12.8. The number of carbonyl (C=O) groups is 2. The first-order chi connectivity index (χ1) is 13.0. The lowest BCUT2D eigenvalue weighted by molar-refractivity contribution is 0.0740. The fourth-order valence-electron chi connectivity index (χ4n) is 3.68. The van der Waals surface area contributed by atoms with Crippen molar-refractivity contribution in [1.82, 2.24) is 20.2 Å². The van der Waals surface area contributed by atoms with Gasteiger partial charge in [-0.05, 0) is 26.7 Å². The number of urea groups is 1. The highest BCUT2D eigenvalue weighted by atomic mass is 32.1.